The van der Waals surface area contributed by atoms with E-state index in [4.69, 9.17) is 65.0 Å². The highest BCUT2D eigenvalue weighted by Gasteiger charge is 2.42. The number of ether oxygens (including phenoxy) is 3. The number of carbonyl (C=O) groups is 6. The molecule has 404 valence electrons. The first-order chi connectivity index (χ1) is 32.7. The average Bonchev–Trinajstić information content (AvgIpc) is 3.28. The number of hydrogen-bond donors (Lipinski definition) is 2. The van der Waals surface area contributed by atoms with Crippen molar-refractivity contribution in [3.8, 4) is 0 Å². The van der Waals surface area contributed by atoms with Crippen LogP contribution in [0.25, 0.3) is 0 Å². The van der Waals surface area contributed by atoms with E-state index in [1.54, 1.807) is 56.0 Å². The summed E-state index contributed by atoms with van der Waals surface area (Å²) in [6.07, 6.45) is 5.11. The minimum Gasteiger partial charge on any atom is -0.460 e. The molecule has 0 fully saturated rings. The van der Waals surface area contributed by atoms with Crippen molar-refractivity contribution in [3.05, 3.63) is 58.1 Å². The van der Waals surface area contributed by atoms with Crippen LogP contribution in [-0.4, -0.2) is 133 Å². The van der Waals surface area contributed by atoms with E-state index in [0.717, 1.165) is 10.5 Å². The molecule has 0 radical (unpaired) electrons. The molecular formula is C51H82Cl4N4O10SSi. The second kappa shape index (κ2) is 30.5. The van der Waals surface area contributed by atoms with Gasteiger partial charge in [0.1, 0.15) is 24.7 Å². The lowest BCUT2D eigenvalue weighted by molar-refractivity contribution is -0.154. The standard InChI is InChI=1S/C51H82Cl4N4O10SSi/c1-18-32(5)43(49(65)66-29-51(53,54)55)57-42(60)28-58(13)47(63)39(27-37-21-23-38(52)24-22-37)59(14)46(62)36(9)56-45(61)41(26-31(3)4)68-48(64)34(7)20-25-40(67-30-70-15)35(8)44(33(6)19-2)69-71(16,17)50(10,11)12/h19-24,31-32,35-36,39-41,43-44H,18,25-30H2,1-17H3,(H,56,61)(H,57,60)/b33-19+,34-20+/t32-,35+,36+,39-,40+,41-,43+,44-/m1/s1. The number of nitrogens with zero attached hydrogens (tertiary/aromatic N) is 2. The fourth-order valence-electron chi connectivity index (χ4n) is 7.03. The van der Waals surface area contributed by atoms with E-state index in [1.807, 2.05) is 34.0 Å². The zero-order valence-electron chi connectivity index (χ0n) is 45.0. The highest BCUT2D eigenvalue weighted by atomic mass is 35.6. The first-order valence-corrected chi connectivity index (χ1v) is 29.9. The molecule has 0 spiro atoms. The number of alkyl halides is 3. The Morgan fingerprint density at radius 3 is 2.01 bits per heavy atom. The summed E-state index contributed by atoms with van der Waals surface area (Å²) in [5.41, 5.74) is 2.06. The number of amides is 4. The van der Waals surface area contributed by atoms with Gasteiger partial charge < -0.3 is 39.1 Å². The number of thioether (sulfide) groups is 1. The Kier molecular flexibility index (Phi) is 28.4. The highest BCUT2D eigenvalue weighted by Crippen LogP contribution is 2.40. The number of carbonyl (C=O) groups excluding carboxylic acids is 6. The third-order valence-electron chi connectivity index (χ3n) is 12.9. The van der Waals surface area contributed by atoms with Crippen LogP contribution in [0.1, 0.15) is 108 Å². The Morgan fingerprint density at radius 1 is 0.915 bits per heavy atom. The molecule has 4 amide bonds. The summed E-state index contributed by atoms with van der Waals surface area (Å²) in [5, 5.41) is 5.80. The van der Waals surface area contributed by atoms with Gasteiger partial charge in [-0.05, 0) is 100 Å². The van der Waals surface area contributed by atoms with Crippen molar-refractivity contribution < 1.29 is 47.4 Å². The minimum atomic E-state index is -2.18. The average molecular weight is 1110 g/mol. The second-order valence-electron chi connectivity index (χ2n) is 20.3. The number of likely N-dealkylation sites (N-methyl/N-ethyl adjacent to an activating group) is 2. The molecule has 0 aliphatic heterocycles. The summed E-state index contributed by atoms with van der Waals surface area (Å²) < 4.78 is 22.5. The molecule has 1 aromatic rings. The van der Waals surface area contributed by atoms with Gasteiger partial charge in [-0.3, -0.25) is 19.2 Å². The quantitative estimate of drug-likeness (QED) is 0.0205. The smallest absolute Gasteiger partial charge is 0.334 e. The van der Waals surface area contributed by atoms with Gasteiger partial charge in [-0.2, -0.15) is 0 Å². The molecule has 0 saturated heterocycles. The molecule has 0 heterocycles. The third-order valence-corrected chi connectivity index (χ3v) is 18.3. The number of benzene rings is 1. The largest absolute Gasteiger partial charge is 0.460 e. The fraction of sp³-hybridized carbons (Fsp3) is 0.686. The molecule has 0 bridgehead atoms. The van der Waals surface area contributed by atoms with Crippen LogP contribution >= 0.6 is 58.2 Å². The zero-order chi connectivity index (χ0) is 54.8. The minimum absolute atomic E-state index is 0.0108. The van der Waals surface area contributed by atoms with Crippen LogP contribution in [0, 0.1) is 17.8 Å². The van der Waals surface area contributed by atoms with Crippen molar-refractivity contribution in [3.63, 3.8) is 0 Å². The van der Waals surface area contributed by atoms with Gasteiger partial charge in [-0.25, -0.2) is 9.59 Å². The molecule has 0 saturated carbocycles. The van der Waals surface area contributed by atoms with E-state index in [0.29, 0.717) is 34.9 Å². The van der Waals surface area contributed by atoms with Crippen molar-refractivity contribution in [2.24, 2.45) is 17.8 Å². The van der Waals surface area contributed by atoms with Crippen LogP contribution in [0.5, 0.6) is 0 Å². The van der Waals surface area contributed by atoms with Crippen molar-refractivity contribution in [2.45, 2.75) is 167 Å². The lowest BCUT2D eigenvalue weighted by Crippen LogP contribution is -2.56. The van der Waals surface area contributed by atoms with Gasteiger partial charge in [0.05, 0.1) is 24.7 Å². The molecule has 0 aliphatic rings. The van der Waals surface area contributed by atoms with E-state index < -0.39 is 85.1 Å². The molecule has 71 heavy (non-hydrogen) atoms. The number of hydrogen-bond acceptors (Lipinski definition) is 11. The summed E-state index contributed by atoms with van der Waals surface area (Å²) >= 11 is 25.0. The number of halogens is 4. The molecule has 2 N–H and O–H groups in total. The van der Waals surface area contributed by atoms with Crippen molar-refractivity contribution in [1.29, 1.82) is 0 Å². The molecule has 0 unspecified atom stereocenters. The first-order valence-electron chi connectivity index (χ1n) is 24.1. The summed E-state index contributed by atoms with van der Waals surface area (Å²) in [4.78, 5) is 84.8. The van der Waals surface area contributed by atoms with Crippen LogP contribution in [-0.2, 0) is 53.8 Å². The maximum atomic E-state index is 14.3. The van der Waals surface area contributed by atoms with Crippen molar-refractivity contribution in [1.82, 2.24) is 20.4 Å². The molecular weight excluding hydrogens is 1030 g/mol. The van der Waals surface area contributed by atoms with Crippen LogP contribution in [0.2, 0.25) is 23.2 Å². The van der Waals surface area contributed by atoms with Gasteiger partial charge in [-0.15, -0.1) is 11.8 Å². The molecule has 1 aromatic carbocycles. The summed E-state index contributed by atoms with van der Waals surface area (Å²) in [6.45, 7) is 26.7. The van der Waals surface area contributed by atoms with E-state index in [-0.39, 0.29) is 47.8 Å². The van der Waals surface area contributed by atoms with Gasteiger partial charge >= 0.3 is 11.9 Å². The predicted octanol–water partition coefficient (Wildman–Crippen LogP) is 10.1. The summed E-state index contributed by atoms with van der Waals surface area (Å²) in [6, 6.07) is 3.27. The topological polar surface area (TPSA) is 170 Å². The predicted molar refractivity (Wildman–Crippen MR) is 291 cm³/mol. The van der Waals surface area contributed by atoms with Gasteiger partial charge in [0, 0.05) is 37.0 Å². The normalized spacial score (nSPS) is 16.1. The van der Waals surface area contributed by atoms with Crippen LogP contribution in [0.3, 0.4) is 0 Å². The zero-order valence-corrected chi connectivity index (χ0v) is 49.8. The third kappa shape index (κ3) is 22.7. The first kappa shape index (κ1) is 66.2. The maximum Gasteiger partial charge on any atom is 0.334 e. The van der Waals surface area contributed by atoms with E-state index in [1.165, 1.54) is 25.9 Å². The molecule has 0 aromatic heterocycles. The Labute approximate surface area is 449 Å². The lowest BCUT2D eigenvalue weighted by atomic mass is 9.90. The summed E-state index contributed by atoms with van der Waals surface area (Å²) in [5.74, 6) is -4.17. The maximum absolute atomic E-state index is 14.3. The highest BCUT2D eigenvalue weighted by molar-refractivity contribution is 7.98. The number of nitrogens with one attached hydrogen (secondary N) is 2. The fourth-order valence-corrected chi connectivity index (χ4v) is 9.02. The number of allylic oxidation sites excluding steroid dienone is 1. The van der Waals surface area contributed by atoms with Gasteiger partial charge in [-0.1, -0.05) is 132 Å². The molecule has 1 rings (SSSR count). The lowest BCUT2D eigenvalue weighted by Gasteiger charge is -2.42. The molecule has 14 nitrogen and oxygen atoms in total. The van der Waals surface area contributed by atoms with Gasteiger partial charge in [0.2, 0.25) is 21.5 Å². The van der Waals surface area contributed by atoms with E-state index in [2.05, 4.69) is 64.4 Å². The SMILES string of the molecule is C/C=C(\C)[C@@H](O[Si](C)(C)C(C)(C)C)[C@@H](C)[C@H](C/C=C(\C)C(=O)O[C@H](CC(C)C)C(=O)N[C@@H](C)C(=O)N(C)[C@H](Cc1ccc(Cl)cc1)C(=O)N(C)CC(=O)N[C@H](C(=O)OCC(Cl)(Cl)Cl)[C@H](C)CC)OCSC. The van der Waals surface area contributed by atoms with E-state index >= 15 is 0 Å². The summed E-state index contributed by atoms with van der Waals surface area (Å²) in [7, 11) is 0.638. The van der Waals surface area contributed by atoms with Crippen LogP contribution < -0.4 is 10.6 Å². The monoisotopic (exact) mass is 1110 g/mol. The number of rotatable bonds is 28. The van der Waals surface area contributed by atoms with E-state index in [9.17, 15) is 28.8 Å². The molecule has 0 aliphatic carbocycles. The molecule has 8 atom stereocenters. The van der Waals surface area contributed by atoms with Crippen LogP contribution in [0.4, 0.5) is 0 Å². The van der Waals surface area contributed by atoms with Crippen molar-refractivity contribution >= 4 is 102 Å². The van der Waals surface area contributed by atoms with Gasteiger partial charge in [0.15, 0.2) is 14.4 Å². The second-order valence-corrected chi connectivity index (χ2v) is 28.8. The Balaban J connectivity index is 3.37. The molecule has 20 heteroatoms. The van der Waals surface area contributed by atoms with Gasteiger partial charge in [0.25, 0.3) is 5.91 Å². The number of esters is 2. The Bertz CT molecular complexity index is 1980. The van der Waals surface area contributed by atoms with Crippen molar-refractivity contribution in [2.75, 3.05) is 39.4 Å². The van der Waals surface area contributed by atoms with Crippen LogP contribution in [0.15, 0.2) is 47.6 Å². The Morgan fingerprint density at radius 2 is 1.51 bits per heavy atom. The Hall–Kier alpha value is -2.83.